The fraction of sp³-hybridized carbons (Fsp3) is 0.111. The molecule has 0 bridgehead atoms. The van der Waals surface area contributed by atoms with Gasteiger partial charge in [-0.05, 0) is 42.8 Å². The largest absolute Gasteiger partial charge is 0.340 e. The monoisotopic (exact) mass is 324 g/mol. The van der Waals surface area contributed by atoms with Gasteiger partial charge in [-0.25, -0.2) is 9.97 Å². The van der Waals surface area contributed by atoms with E-state index in [1.54, 1.807) is 6.33 Å². The van der Waals surface area contributed by atoms with Gasteiger partial charge in [0.1, 0.15) is 18.0 Å². The molecule has 2 aromatic carbocycles. The Kier molecular flexibility index (Phi) is 4.44. The maximum absolute atomic E-state index is 5.99. The molecule has 0 unspecified atom stereocenters. The smallest absolute Gasteiger partial charge is 0.138 e. The highest BCUT2D eigenvalue weighted by Gasteiger charge is 2.07. The van der Waals surface area contributed by atoms with Crippen LogP contribution in [-0.2, 0) is 0 Å². The third kappa shape index (κ3) is 3.60. The van der Waals surface area contributed by atoms with E-state index >= 15 is 0 Å². The molecule has 0 aliphatic carbocycles. The third-order valence-corrected chi connectivity index (χ3v) is 3.83. The number of hydrogen-bond acceptors (Lipinski definition) is 4. The Labute approximate surface area is 140 Å². The van der Waals surface area contributed by atoms with Crippen LogP contribution in [0.1, 0.15) is 5.56 Å². The SMILES string of the molecule is Cc1cc(Cl)ccc1Nc1cc(N(C)c2ccccc2)ncn1. The number of nitrogens with zero attached hydrogens (tertiary/aromatic N) is 3. The van der Waals surface area contributed by atoms with Crippen molar-refractivity contribution in [2.75, 3.05) is 17.3 Å². The summed E-state index contributed by atoms with van der Waals surface area (Å²) in [5.74, 6) is 1.56. The molecule has 1 N–H and O–H groups in total. The average molecular weight is 325 g/mol. The van der Waals surface area contributed by atoms with Crippen molar-refractivity contribution in [3.8, 4) is 0 Å². The van der Waals surface area contributed by atoms with Crippen LogP contribution in [0.4, 0.5) is 23.0 Å². The molecule has 5 heteroatoms. The minimum atomic E-state index is 0.722. The molecule has 0 aliphatic rings. The van der Waals surface area contributed by atoms with Crippen LogP contribution in [0.15, 0.2) is 60.9 Å². The molecule has 23 heavy (non-hydrogen) atoms. The number of nitrogens with one attached hydrogen (secondary N) is 1. The van der Waals surface area contributed by atoms with E-state index in [4.69, 9.17) is 11.6 Å². The topological polar surface area (TPSA) is 41.0 Å². The summed E-state index contributed by atoms with van der Waals surface area (Å²) in [6.07, 6.45) is 1.56. The molecular weight excluding hydrogens is 308 g/mol. The van der Waals surface area contributed by atoms with Gasteiger partial charge in [0.25, 0.3) is 0 Å². The lowest BCUT2D eigenvalue weighted by atomic mass is 10.2. The summed E-state index contributed by atoms with van der Waals surface area (Å²) in [7, 11) is 1.98. The molecular formula is C18H17ClN4. The Balaban J connectivity index is 1.85. The van der Waals surface area contributed by atoms with Gasteiger partial charge in [0.05, 0.1) is 0 Å². The van der Waals surface area contributed by atoms with Crippen LogP contribution in [0.2, 0.25) is 5.02 Å². The second-order valence-electron chi connectivity index (χ2n) is 5.24. The Hall–Kier alpha value is -2.59. The van der Waals surface area contributed by atoms with Crippen LogP contribution in [0.25, 0.3) is 0 Å². The number of benzene rings is 2. The lowest BCUT2D eigenvalue weighted by molar-refractivity contribution is 1.08. The van der Waals surface area contributed by atoms with E-state index in [-0.39, 0.29) is 0 Å². The van der Waals surface area contributed by atoms with Crippen molar-refractivity contribution in [1.82, 2.24) is 9.97 Å². The van der Waals surface area contributed by atoms with Gasteiger partial charge in [0.15, 0.2) is 0 Å². The predicted octanol–water partition coefficient (Wildman–Crippen LogP) is 4.95. The lowest BCUT2D eigenvalue weighted by Gasteiger charge is -2.19. The summed E-state index contributed by atoms with van der Waals surface area (Å²) < 4.78 is 0. The third-order valence-electron chi connectivity index (χ3n) is 3.59. The van der Waals surface area contributed by atoms with E-state index < -0.39 is 0 Å². The Morgan fingerprint density at radius 1 is 1.00 bits per heavy atom. The zero-order valence-corrected chi connectivity index (χ0v) is 13.7. The van der Waals surface area contributed by atoms with Gasteiger partial charge < -0.3 is 10.2 Å². The summed E-state index contributed by atoms with van der Waals surface area (Å²) >= 11 is 5.99. The van der Waals surface area contributed by atoms with Crippen molar-refractivity contribution >= 4 is 34.6 Å². The fourth-order valence-electron chi connectivity index (χ4n) is 2.29. The highest BCUT2D eigenvalue weighted by atomic mass is 35.5. The molecule has 0 saturated heterocycles. The number of aryl methyl sites for hydroxylation is 1. The molecule has 0 saturated carbocycles. The highest BCUT2D eigenvalue weighted by molar-refractivity contribution is 6.30. The lowest BCUT2D eigenvalue weighted by Crippen LogP contribution is -2.11. The van der Waals surface area contributed by atoms with Gasteiger partial charge in [-0.3, -0.25) is 0 Å². The molecule has 1 heterocycles. The van der Waals surface area contributed by atoms with Gasteiger partial charge in [0.2, 0.25) is 0 Å². The van der Waals surface area contributed by atoms with E-state index in [1.165, 1.54) is 0 Å². The zero-order chi connectivity index (χ0) is 16.2. The second kappa shape index (κ2) is 6.67. The van der Waals surface area contributed by atoms with Gasteiger partial charge >= 0.3 is 0 Å². The number of rotatable bonds is 4. The summed E-state index contributed by atoms with van der Waals surface area (Å²) in [4.78, 5) is 10.7. The molecule has 0 fully saturated rings. The van der Waals surface area contributed by atoms with E-state index in [0.717, 1.165) is 33.6 Å². The van der Waals surface area contributed by atoms with Crippen molar-refractivity contribution in [3.63, 3.8) is 0 Å². The van der Waals surface area contributed by atoms with Gasteiger partial charge in [-0.1, -0.05) is 29.8 Å². The molecule has 3 aromatic rings. The van der Waals surface area contributed by atoms with E-state index in [2.05, 4.69) is 15.3 Å². The maximum atomic E-state index is 5.99. The number of para-hydroxylation sites is 1. The fourth-order valence-corrected chi connectivity index (χ4v) is 2.51. The van der Waals surface area contributed by atoms with Crippen LogP contribution in [0.3, 0.4) is 0 Å². The van der Waals surface area contributed by atoms with Crippen LogP contribution in [0, 0.1) is 6.92 Å². The summed E-state index contributed by atoms with van der Waals surface area (Å²) in [6, 6.07) is 17.7. The van der Waals surface area contributed by atoms with E-state index in [9.17, 15) is 0 Å². The first-order chi connectivity index (χ1) is 11.1. The number of aromatic nitrogens is 2. The summed E-state index contributed by atoms with van der Waals surface area (Å²) in [5, 5.41) is 4.03. The Morgan fingerprint density at radius 3 is 2.52 bits per heavy atom. The minimum Gasteiger partial charge on any atom is -0.340 e. The average Bonchev–Trinajstić information content (AvgIpc) is 2.58. The van der Waals surface area contributed by atoms with Gasteiger partial charge in [-0.2, -0.15) is 0 Å². The maximum Gasteiger partial charge on any atom is 0.138 e. The molecule has 3 rings (SSSR count). The zero-order valence-electron chi connectivity index (χ0n) is 13.0. The molecule has 116 valence electrons. The Bertz CT molecular complexity index is 805. The molecule has 0 aliphatic heterocycles. The normalized spacial score (nSPS) is 10.4. The molecule has 1 aromatic heterocycles. The first-order valence-corrected chi connectivity index (χ1v) is 7.65. The van der Waals surface area contributed by atoms with Crippen LogP contribution in [0.5, 0.6) is 0 Å². The molecule has 0 atom stereocenters. The molecule has 4 nitrogen and oxygen atoms in total. The van der Waals surface area contributed by atoms with E-state index in [0.29, 0.717) is 0 Å². The van der Waals surface area contributed by atoms with E-state index in [1.807, 2.05) is 73.5 Å². The standard InChI is InChI=1S/C18H17ClN4/c1-13-10-14(19)8-9-16(13)22-17-11-18(21-12-20-17)23(2)15-6-4-3-5-7-15/h3-12H,1-2H3,(H,20,21,22). The Morgan fingerprint density at radius 2 is 1.78 bits per heavy atom. The molecule has 0 spiro atoms. The van der Waals surface area contributed by atoms with Crippen LogP contribution < -0.4 is 10.2 Å². The summed E-state index contributed by atoms with van der Waals surface area (Å²) in [6.45, 7) is 2.01. The van der Waals surface area contributed by atoms with Crippen molar-refractivity contribution in [2.45, 2.75) is 6.92 Å². The van der Waals surface area contributed by atoms with Crippen molar-refractivity contribution in [3.05, 3.63) is 71.5 Å². The van der Waals surface area contributed by atoms with Crippen molar-refractivity contribution in [2.24, 2.45) is 0 Å². The molecule has 0 radical (unpaired) electrons. The van der Waals surface area contributed by atoms with Crippen molar-refractivity contribution < 1.29 is 0 Å². The quantitative estimate of drug-likeness (QED) is 0.737. The summed E-state index contributed by atoms with van der Waals surface area (Å²) in [5.41, 5.74) is 3.11. The second-order valence-corrected chi connectivity index (χ2v) is 5.68. The number of anilines is 4. The number of hydrogen-bond donors (Lipinski definition) is 1. The van der Waals surface area contributed by atoms with Crippen LogP contribution >= 0.6 is 11.6 Å². The first-order valence-electron chi connectivity index (χ1n) is 7.27. The molecule has 0 amide bonds. The van der Waals surface area contributed by atoms with Crippen LogP contribution in [-0.4, -0.2) is 17.0 Å². The number of halogens is 1. The minimum absolute atomic E-state index is 0.722. The first kappa shape index (κ1) is 15.3. The predicted molar refractivity (Wildman–Crippen MR) is 96.0 cm³/mol. The van der Waals surface area contributed by atoms with Gasteiger partial charge in [-0.15, -0.1) is 0 Å². The highest BCUT2D eigenvalue weighted by Crippen LogP contribution is 2.26. The van der Waals surface area contributed by atoms with Crippen molar-refractivity contribution in [1.29, 1.82) is 0 Å². The van der Waals surface area contributed by atoms with Gasteiger partial charge in [0, 0.05) is 29.5 Å².